The fraction of sp³-hybridized carbons (Fsp3) is 1.00. The maximum absolute atomic E-state index is 12.6. The third-order valence-electron chi connectivity index (χ3n) is 1.16. The van der Waals surface area contributed by atoms with Crippen molar-refractivity contribution in [2.24, 2.45) is 0 Å². The Kier molecular flexibility index (Phi) is 5.59. The molecule has 0 aromatic heterocycles. The first kappa shape index (κ1) is 12.9. The van der Waals surface area contributed by atoms with E-state index in [1.807, 2.05) is 0 Å². The fourth-order valence-electron chi connectivity index (χ4n) is 0.526. The molecule has 2 nitrogen and oxygen atoms in total. The van der Waals surface area contributed by atoms with Gasteiger partial charge in [-0.1, -0.05) is 6.92 Å². The lowest BCUT2D eigenvalue weighted by molar-refractivity contribution is -0.484. The Balaban J connectivity index is 3.53. The lowest BCUT2D eigenvalue weighted by atomic mass is 10.2. The highest BCUT2D eigenvalue weighted by Crippen LogP contribution is 2.18. The van der Waals surface area contributed by atoms with Crippen LogP contribution in [0.1, 0.15) is 13.3 Å². The van der Waals surface area contributed by atoms with Gasteiger partial charge in [-0.15, -0.1) is 29.7 Å². The molecule has 2 unspecified atom stereocenters. The van der Waals surface area contributed by atoms with Crippen LogP contribution in [-0.4, -0.2) is 24.5 Å². The lowest BCUT2D eigenvalue weighted by Crippen LogP contribution is -2.24. The van der Waals surface area contributed by atoms with Gasteiger partial charge in [-0.3, -0.25) is 0 Å². The SMILES string of the molecule is CCC(F)C(Cl)COOC(F)(F)F. The van der Waals surface area contributed by atoms with E-state index in [1.54, 1.807) is 0 Å². The molecule has 0 radical (unpaired) electrons. The summed E-state index contributed by atoms with van der Waals surface area (Å²) < 4.78 is 46.5. The van der Waals surface area contributed by atoms with Crippen LogP contribution in [0.3, 0.4) is 0 Å². The predicted molar refractivity (Wildman–Crippen MR) is 37.9 cm³/mol. The lowest BCUT2D eigenvalue weighted by Gasteiger charge is -2.12. The van der Waals surface area contributed by atoms with Crippen LogP contribution < -0.4 is 0 Å². The Bertz CT molecular complexity index is 141. The van der Waals surface area contributed by atoms with E-state index >= 15 is 0 Å². The molecule has 0 saturated carbocycles. The molecule has 0 aliphatic heterocycles. The van der Waals surface area contributed by atoms with E-state index in [1.165, 1.54) is 6.92 Å². The molecule has 0 spiro atoms. The quantitative estimate of drug-likeness (QED) is 0.309. The van der Waals surface area contributed by atoms with Gasteiger partial charge in [-0.25, -0.2) is 9.28 Å². The molecule has 0 aromatic rings. The summed E-state index contributed by atoms with van der Waals surface area (Å²) in [4.78, 5) is 6.63. The van der Waals surface area contributed by atoms with Crippen LogP contribution in [0, 0.1) is 0 Å². The first-order valence-electron chi connectivity index (χ1n) is 3.52. The third-order valence-corrected chi connectivity index (χ3v) is 1.56. The van der Waals surface area contributed by atoms with Crippen LogP contribution in [0.25, 0.3) is 0 Å². The average molecular weight is 225 g/mol. The van der Waals surface area contributed by atoms with E-state index in [-0.39, 0.29) is 6.42 Å². The Morgan fingerprint density at radius 2 is 1.92 bits per heavy atom. The zero-order chi connectivity index (χ0) is 10.5. The second kappa shape index (κ2) is 5.62. The molecular formula is C6H9ClF4O2. The molecule has 0 rings (SSSR count). The molecule has 0 aliphatic rings. The van der Waals surface area contributed by atoms with Gasteiger partial charge in [0, 0.05) is 0 Å². The van der Waals surface area contributed by atoms with E-state index in [0.717, 1.165) is 0 Å². The van der Waals surface area contributed by atoms with Crippen molar-refractivity contribution in [2.75, 3.05) is 6.61 Å². The Morgan fingerprint density at radius 3 is 2.31 bits per heavy atom. The first-order chi connectivity index (χ1) is 5.87. The van der Waals surface area contributed by atoms with Crippen molar-refractivity contribution in [1.82, 2.24) is 0 Å². The Labute approximate surface area is 77.7 Å². The molecule has 0 saturated heterocycles. The molecule has 80 valence electrons. The average Bonchev–Trinajstić information content (AvgIpc) is 2.00. The largest absolute Gasteiger partial charge is 0.549 e. The summed E-state index contributed by atoms with van der Waals surface area (Å²) in [5, 5.41) is -1.13. The van der Waals surface area contributed by atoms with Gasteiger partial charge in [0.2, 0.25) is 0 Å². The summed E-state index contributed by atoms with van der Waals surface area (Å²) in [6.07, 6.45) is -6.17. The normalized spacial score (nSPS) is 17.1. The molecule has 0 fully saturated rings. The summed E-state index contributed by atoms with van der Waals surface area (Å²) in [6, 6.07) is 0. The molecule has 0 aliphatic carbocycles. The molecule has 2 atom stereocenters. The van der Waals surface area contributed by atoms with Crippen LogP contribution >= 0.6 is 11.6 Å². The number of halogens is 5. The van der Waals surface area contributed by atoms with Crippen molar-refractivity contribution in [3.63, 3.8) is 0 Å². The smallest absolute Gasteiger partial charge is 0.246 e. The minimum atomic E-state index is -4.88. The van der Waals surface area contributed by atoms with Crippen molar-refractivity contribution in [3.8, 4) is 0 Å². The van der Waals surface area contributed by atoms with Crippen molar-refractivity contribution < 1.29 is 27.3 Å². The molecule has 0 N–H and O–H groups in total. The van der Waals surface area contributed by atoms with Gasteiger partial charge >= 0.3 is 6.36 Å². The second-order valence-corrected chi connectivity index (χ2v) is 2.81. The van der Waals surface area contributed by atoms with Gasteiger partial charge in [-0.2, -0.15) is 0 Å². The van der Waals surface area contributed by atoms with E-state index in [9.17, 15) is 17.6 Å². The van der Waals surface area contributed by atoms with Crippen LogP contribution in [0.4, 0.5) is 17.6 Å². The highest BCUT2D eigenvalue weighted by Gasteiger charge is 2.31. The zero-order valence-corrected chi connectivity index (χ0v) is 7.53. The van der Waals surface area contributed by atoms with E-state index in [0.29, 0.717) is 0 Å². The number of hydrogen-bond donors (Lipinski definition) is 0. The minimum absolute atomic E-state index is 0.115. The highest BCUT2D eigenvalue weighted by atomic mass is 35.5. The molecule has 0 aromatic carbocycles. The summed E-state index contributed by atoms with van der Waals surface area (Å²) in [5.74, 6) is 0. The molecule has 7 heteroatoms. The minimum Gasteiger partial charge on any atom is -0.246 e. The van der Waals surface area contributed by atoms with Crippen LogP contribution in [0.15, 0.2) is 0 Å². The number of alkyl halides is 5. The summed E-state index contributed by atoms with van der Waals surface area (Å²) in [5.41, 5.74) is 0. The van der Waals surface area contributed by atoms with Gasteiger partial charge < -0.3 is 0 Å². The van der Waals surface area contributed by atoms with Crippen molar-refractivity contribution in [3.05, 3.63) is 0 Å². The van der Waals surface area contributed by atoms with Crippen molar-refractivity contribution >= 4 is 11.6 Å². The van der Waals surface area contributed by atoms with E-state index < -0.39 is 24.5 Å². The van der Waals surface area contributed by atoms with Gasteiger partial charge in [0.1, 0.15) is 12.8 Å². The Hall–Kier alpha value is -0.0700. The highest BCUT2D eigenvalue weighted by molar-refractivity contribution is 6.21. The van der Waals surface area contributed by atoms with Crippen LogP contribution in [0.5, 0.6) is 0 Å². The molecule has 0 amide bonds. The second-order valence-electron chi connectivity index (χ2n) is 2.25. The van der Waals surface area contributed by atoms with E-state index in [4.69, 9.17) is 11.6 Å². The van der Waals surface area contributed by atoms with Gasteiger partial charge in [0.15, 0.2) is 0 Å². The maximum Gasteiger partial charge on any atom is 0.549 e. The molecule has 0 heterocycles. The van der Waals surface area contributed by atoms with Crippen molar-refractivity contribution in [2.45, 2.75) is 31.3 Å². The van der Waals surface area contributed by atoms with Gasteiger partial charge in [0.05, 0.1) is 5.38 Å². The summed E-state index contributed by atoms with van der Waals surface area (Å²) in [7, 11) is 0. The van der Waals surface area contributed by atoms with Crippen LogP contribution in [-0.2, 0) is 9.78 Å². The van der Waals surface area contributed by atoms with E-state index in [2.05, 4.69) is 9.78 Å². The fourth-order valence-corrected chi connectivity index (χ4v) is 0.756. The third kappa shape index (κ3) is 7.04. The molecular weight excluding hydrogens is 216 g/mol. The zero-order valence-electron chi connectivity index (χ0n) is 6.78. The maximum atomic E-state index is 12.6. The molecule has 13 heavy (non-hydrogen) atoms. The van der Waals surface area contributed by atoms with Crippen LogP contribution in [0.2, 0.25) is 0 Å². The summed E-state index contributed by atoms with van der Waals surface area (Å²) >= 11 is 5.31. The van der Waals surface area contributed by atoms with Crippen molar-refractivity contribution in [1.29, 1.82) is 0 Å². The monoisotopic (exact) mass is 224 g/mol. The Morgan fingerprint density at radius 1 is 1.38 bits per heavy atom. The van der Waals surface area contributed by atoms with Gasteiger partial charge in [0.25, 0.3) is 0 Å². The van der Waals surface area contributed by atoms with Gasteiger partial charge in [-0.05, 0) is 6.42 Å². The number of hydrogen-bond acceptors (Lipinski definition) is 2. The number of rotatable bonds is 5. The summed E-state index contributed by atoms with van der Waals surface area (Å²) in [6.45, 7) is 0.876. The first-order valence-corrected chi connectivity index (χ1v) is 3.96. The predicted octanol–water partition coefficient (Wildman–Crippen LogP) is 2.81. The standard InChI is InChI=1S/C6H9ClF4O2/c1-2-5(8)4(7)3-12-13-6(9,10)11/h4-5H,2-3H2,1H3. The topological polar surface area (TPSA) is 18.5 Å². The molecule has 0 bridgehead atoms.